The van der Waals surface area contributed by atoms with Gasteiger partial charge < -0.3 is 60.7 Å². The highest BCUT2D eigenvalue weighted by atomic mass is 16.3. The molecule has 0 saturated carbocycles. The Balaban J connectivity index is 4.34. The average molecular weight is 1230 g/mol. The molecule has 1 fully saturated rings. The first-order chi connectivity index (χ1) is 40.2. The van der Waals surface area contributed by atoms with E-state index in [1.807, 2.05) is 48.5 Å². The molecule has 1 heterocycles. The third-order valence-electron chi connectivity index (χ3n) is 16.8. The maximum atomic E-state index is 15.2. The Bertz CT molecular complexity index is 2430. The van der Waals surface area contributed by atoms with E-state index in [0.717, 1.165) is 14.7 Å². The lowest BCUT2D eigenvalue weighted by Gasteiger charge is -2.41. The molecule has 0 aliphatic carbocycles. The summed E-state index contributed by atoms with van der Waals surface area (Å²) in [6, 6.07) is -11.9. The van der Waals surface area contributed by atoms with Crippen LogP contribution in [-0.4, -0.2) is 220 Å². The summed E-state index contributed by atoms with van der Waals surface area (Å²) in [5.74, 6) is -10.1. The Hall–Kier alpha value is -6.39. The van der Waals surface area contributed by atoms with Gasteiger partial charge in [-0.05, 0) is 94.3 Å². The number of rotatable bonds is 15. The molecule has 13 atom stereocenters. The van der Waals surface area contributed by atoms with Crippen molar-refractivity contribution < 1.29 is 57.8 Å². The van der Waals surface area contributed by atoms with E-state index in [2.05, 4.69) is 27.8 Å². The molecule has 0 aromatic carbocycles. The van der Waals surface area contributed by atoms with Gasteiger partial charge in [-0.25, -0.2) is 0 Å². The summed E-state index contributed by atoms with van der Waals surface area (Å²) < 4.78 is 0. The van der Waals surface area contributed by atoms with Crippen LogP contribution in [0.3, 0.4) is 0 Å². The molecule has 23 heteroatoms. The fraction of sp³-hybridized carbons (Fsp3) is 0.766. The second-order valence-corrected chi connectivity index (χ2v) is 26.3. The van der Waals surface area contributed by atoms with Crippen molar-refractivity contribution in [3.05, 3.63) is 24.4 Å². The van der Waals surface area contributed by atoms with Crippen LogP contribution in [0.15, 0.2) is 24.4 Å². The van der Waals surface area contributed by atoms with Crippen LogP contribution in [0.4, 0.5) is 0 Å². The van der Waals surface area contributed by atoms with Crippen molar-refractivity contribution in [3.63, 3.8) is 0 Å². The van der Waals surface area contributed by atoms with Gasteiger partial charge in [0.15, 0.2) is 0 Å². The zero-order valence-corrected chi connectivity index (χ0v) is 57.3. The van der Waals surface area contributed by atoms with Crippen molar-refractivity contribution in [1.29, 1.82) is 0 Å². The van der Waals surface area contributed by atoms with E-state index < -0.39 is 155 Å². The van der Waals surface area contributed by atoms with E-state index in [1.165, 1.54) is 75.9 Å². The van der Waals surface area contributed by atoms with Crippen molar-refractivity contribution in [2.75, 3.05) is 49.3 Å². The van der Waals surface area contributed by atoms with E-state index >= 15 is 9.59 Å². The maximum absolute atomic E-state index is 15.2. The Morgan fingerprint density at radius 2 is 1.00 bits per heavy atom. The van der Waals surface area contributed by atoms with Gasteiger partial charge in [0.05, 0.1) is 6.10 Å². The minimum absolute atomic E-state index is 0.0255. The van der Waals surface area contributed by atoms with Crippen molar-refractivity contribution in [1.82, 2.24) is 55.6 Å². The van der Waals surface area contributed by atoms with E-state index in [4.69, 9.17) is 0 Å². The summed E-state index contributed by atoms with van der Waals surface area (Å²) in [6.07, 6.45) is 3.00. The minimum Gasteiger partial charge on any atom is -0.390 e. The van der Waals surface area contributed by atoms with Crippen LogP contribution in [0.1, 0.15) is 163 Å². The van der Waals surface area contributed by atoms with E-state index in [1.54, 1.807) is 74.5 Å². The van der Waals surface area contributed by atoms with Gasteiger partial charge in [-0.3, -0.25) is 52.7 Å². The van der Waals surface area contributed by atoms with Gasteiger partial charge in [0.2, 0.25) is 59.1 Å². The van der Waals surface area contributed by atoms with Crippen LogP contribution >= 0.6 is 0 Å². The molecule has 0 spiro atoms. The molecule has 87 heavy (non-hydrogen) atoms. The predicted molar refractivity (Wildman–Crippen MR) is 337 cm³/mol. The molecular formula is C64H113N11O12. The van der Waals surface area contributed by atoms with Crippen molar-refractivity contribution in [3.8, 4) is 0 Å². The van der Waals surface area contributed by atoms with Gasteiger partial charge in [-0.2, -0.15) is 0 Å². The fourth-order valence-electron chi connectivity index (χ4n) is 11.0. The third-order valence-corrected chi connectivity index (χ3v) is 16.8. The first kappa shape index (κ1) is 78.6. The zero-order valence-electron chi connectivity index (χ0n) is 57.3. The molecule has 1 aliphatic heterocycles. The van der Waals surface area contributed by atoms with Crippen LogP contribution < -0.4 is 21.3 Å². The number of amides is 11. The molecule has 5 N–H and O–H groups in total. The van der Waals surface area contributed by atoms with E-state index in [0.29, 0.717) is 12.8 Å². The SMILES string of the molecule is C=C1C(=O)N(C)[C@@H](C(C)CC)C(=O)N[C@@H](C(C)C)C(=O)N(C)[C@@H](CC(C)C)C(=O)N[C@@H](C)C(=O)N[C@H](C)CC(=O)N(C)[C@H](CC(C)C)C(=O)N(C)[C@@H](CC(C)C)C(=O)N(C)[C@@H](C(C)C)C(=O)N(C)[C@@H]([C@H](O)[C@H](C)C/C=C/C)C(=O)N[C@@H](CC)C(=O)N1C. The second kappa shape index (κ2) is 35.6. The summed E-state index contributed by atoms with van der Waals surface area (Å²) in [6.45, 7) is 33.9. The number of carbonyl (C=O) groups is 11. The average Bonchev–Trinajstić information content (AvgIpc) is 1.24. The molecule has 11 amide bonds. The number of nitrogens with one attached hydrogen (secondary N) is 4. The quantitative estimate of drug-likeness (QED) is 0.114. The van der Waals surface area contributed by atoms with Gasteiger partial charge in [-0.1, -0.05) is 122 Å². The molecule has 0 bridgehead atoms. The van der Waals surface area contributed by atoms with Gasteiger partial charge in [0, 0.05) is 61.8 Å². The van der Waals surface area contributed by atoms with Crippen molar-refractivity contribution in [2.24, 2.45) is 41.4 Å². The summed E-state index contributed by atoms with van der Waals surface area (Å²) in [7, 11) is 9.86. The van der Waals surface area contributed by atoms with Crippen molar-refractivity contribution >= 4 is 65.0 Å². The lowest BCUT2D eigenvalue weighted by Crippen LogP contribution is -2.63. The van der Waals surface area contributed by atoms with E-state index in [9.17, 15) is 48.3 Å². The van der Waals surface area contributed by atoms with Gasteiger partial charge in [-0.15, -0.1) is 0 Å². The lowest BCUT2D eigenvalue weighted by molar-refractivity contribution is -0.157. The lowest BCUT2D eigenvalue weighted by atomic mass is 9.91. The number of aliphatic hydroxyl groups excluding tert-OH is 1. The number of allylic oxidation sites excluding steroid dienone is 2. The smallest absolute Gasteiger partial charge is 0.270 e. The molecule has 1 unspecified atom stereocenters. The Kier molecular flexibility index (Phi) is 32.1. The monoisotopic (exact) mass is 1230 g/mol. The first-order valence-corrected chi connectivity index (χ1v) is 31.2. The Labute approximate surface area is 520 Å². The second-order valence-electron chi connectivity index (χ2n) is 26.3. The topological polar surface area (TPSA) is 279 Å². The molecule has 1 rings (SSSR count). The van der Waals surface area contributed by atoms with Gasteiger partial charge in [0.25, 0.3) is 5.91 Å². The number of carbonyl (C=O) groups excluding carboxylic acids is 11. The Morgan fingerprint density at radius 1 is 0.529 bits per heavy atom. The summed E-state index contributed by atoms with van der Waals surface area (Å²) in [5, 5.41) is 23.2. The van der Waals surface area contributed by atoms with Crippen LogP contribution in [-0.2, 0) is 52.7 Å². The molecule has 1 aliphatic rings. The first-order valence-electron chi connectivity index (χ1n) is 31.2. The van der Waals surface area contributed by atoms with Crippen molar-refractivity contribution in [2.45, 2.75) is 229 Å². The Morgan fingerprint density at radius 3 is 1.47 bits per heavy atom. The molecule has 23 nitrogen and oxygen atoms in total. The highest BCUT2D eigenvalue weighted by molar-refractivity contribution is 6.02. The van der Waals surface area contributed by atoms with E-state index in [-0.39, 0.29) is 55.6 Å². The number of hydrogen-bond acceptors (Lipinski definition) is 12. The zero-order chi connectivity index (χ0) is 67.6. The number of nitrogens with zero attached hydrogens (tertiary/aromatic N) is 7. The third kappa shape index (κ3) is 21.4. The van der Waals surface area contributed by atoms with Crippen LogP contribution in [0.2, 0.25) is 0 Å². The summed E-state index contributed by atoms with van der Waals surface area (Å²) in [5.41, 5.74) is -0.361. The normalized spacial score (nSPS) is 27.0. The van der Waals surface area contributed by atoms with Gasteiger partial charge in [0.1, 0.15) is 60.1 Å². The molecule has 496 valence electrons. The van der Waals surface area contributed by atoms with Crippen LogP contribution in [0.5, 0.6) is 0 Å². The molecular weight excluding hydrogens is 1110 g/mol. The number of hydrogen-bond donors (Lipinski definition) is 5. The number of aliphatic hydroxyl groups is 1. The highest BCUT2D eigenvalue weighted by Crippen LogP contribution is 2.26. The molecule has 0 aromatic heterocycles. The largest absolute Gasteiger partial charge is 0.390 e. The maximum Gasteiger partial charge on any atom is 0.270 e. The highest BCUT2D eigenvalue weighted by Gasteiger charge is 2.46. The van der Waals surface area contributed by atoms with Gasteiger partial charge >= 0.3 is 0 Å². The fourth-order valence-corrected chi connectivity index (χ4v) is 11.0. The molecule has 0 radical (unpaired) electrons. The molecule has 1 saturated heterocycles. The summed E-state index contributed by atoms with van der Waals surface area (Å²) >= 11 is 0. The van der Waals surface area contributed by atoms with Crippen LogP contribution in [0, 0.1) is 41.4 Å². The molecule has 0 aromatic rings. The minimum atomic E-state index is -1.64. The predicted octanol–water partition coefficient (Wildman–Crippen LogP) is 4.17. The standard InChI is InChI=1S/C64H113N11O12/c1-26-29-30-41(15)54(77)53-58(81)67-45(28-3)60(83)69(19)44(18)59(82)74(24)52(40(14)27-2)57(80)68-50(38(10)11)63(86)71(21)46(31-35(4)5)56(79)66-43(17)55(78)65-42(16)34-49(76)70(20)47(32-36(6)7)61(84)72(22)48(33-37(8)9)62(85)73(23)51(39(12)13)64(87)75(53)25/h26,29,35-43,45-48,50-54,77H,18,27-28,30-34H2,1-17,19-25H3,(H,65,78)(H,66,79)(H,67,81)(H,68,80)/b29-26+/t40?,41-,42-,43+,45+,46+,47-,48+,50+,51+,52+,53+,54-/m1/s1. The summed E-state index contributed by atoms with van der Waals surface area (Å²) in [4.78, 5) is 169. The van der Waals surface area contributed by atoms with Crippen LogP contribution in [0.25, 0.3) is 0 Å². The number of likely N-dealkylation sites (N-methyl/N-ethyl adjacent to an activating group) is 7.